The normalized spacial score (nSPS) is 11.3. The van der Waals surface area contributed by atoms with E-state index < -0.39 is 11.6 Å². The van der Waals surface area contributed by atoms with Gasteiger partial charge in [0.2, 0.25) is 11.6 Å². The minimum absolute atomic E-state index is 0.0412. The maximum atomic E-state index is 14.1. The predicted molar refractivity (Wildman–Crippen MR) is 212 cm³/mol. The van der Waals surface area contributed by atoms with E-state index in [9.17, 15) is 19.8 Å². The highest BCUT2D eigenvalue weighted by Gasteiger charge is 2.31. The van der Waals surface area contributed by atoms with E-state index in [0.29, 0.717) is 35.6 Å². The minimum atomic E-state index is -0.725. The quantitative estimate of drug-likeness (QED) is 0.109. The molecule has 8 rings (SSSR count). The van der Waals surface area contributed by atoms with Crippen molar-refractivity contribution in [3.8, 4) is 39.7 Å². The summed E-state index contributed by atoms with van der Waals surface area (Å²) >= 11 is 26.2. The Balaban J connectivity index is 1.08. The molecule has 0 aliphatic rings. The molecule has 56 heavy (non-hydrogen) atoms. The number of aromatic hydroxyl groups is 2. The van der Waals surface area contributed by atoms with E-state index in [2.05, 4.69) is 25.6 Å². The summed E-state index contributed by atoms with van der Waals surface area (Å²) in [4.78, 5) is 31.0. The first-order valence-electron chi connectivity index (χ1n) is 16.8. The lowest BCUT2D eigenvalue weighted by Crippen LogP contribution is -2.13. The summed E-state index contributed by atoms with van der Waals surface area (Å²) in [6, 6.07) is 29.6. The van der Waals surface area contributed by atoms with Gasteiger partial charge in [-0.05, 0) is 41.5 Å². The van der Waals surface area contributed by atoms with Gasteiger partial charge >= 0.3 is 0 Å². The maximum absolute atomic E-state index is 14.1. The van der Waals surface area contributed by atoms with Gasteiger partial charge < -0.3 is 15.2 Å². The first-order chi connectivity index (χ1) is 27.0. The van der Waals surface area contributed by atoms with Gasteiger partial charge in [-0.3, -0.25) is 14.2 Å². The number of ketones is 2. The number of aromatic amines is 1. The number of hydrogen-bond acceptors (Lipinski definition) is 8. The fraction of sp³-hybridized carbons (Fsp3) is 0.0500. The summed E-state index contributed by atoms with van der Waals surface area (Å²) in [6.45, 7) is 0.990. The second kappa shape index (κ2) is 15.2. The van der Waals surface area contributed by atoms with E-state index in [1.165, 1.54) is 34.9 Å². The molecule has 12 nitrogen and oxygen atoms in total. The zero-order valence-corrected chi connectivity index (χ0v) is 31.8. The van der Waals surface area contributed by atoms with Crippen molar-refractivity contribution in [3.05, 3.63) is 170 Å². The van der Waals surface area contributed by atoms with Crippen LogP contribution in [0.3, 0.4) is 0 Å². The van der Waals surface area contributed by atoms with E-state index in [4.69, 9.17) is 46.4 Å². The number of nitrogens with zero attached hydrogens (tertiary/aromatic N) is 7. The van der Waals surface area contributed by atoms with Crippen LogP contribution in [0.1, 0.15) is 43.2 Å². The number of carbonyl (C=O) groups excluding carboxylic acids is 2. The first kappa shape index (κ1) is 36.8. The monoisotopic (exact) mass is 822 g/mol. The number of nitrogens with one attached hydrogen (secondary N) is 1. The van der Waals surface area contributed by atoms with Crippen LogP contribution < -0.4 is 0 Å². The molecule has 0 amide bonds. The standard InChI is InChI=1S/C40H26Cl4N8O4/c41-28-17-31(37(55)26-13-11-24(15-32(26)53)29-20-50(48-46-29)18-22-7-3-1-4-8-22)52(40(28)44)36-34(42)39(43)45-35(36)38(56)27-14-12-25(16-33(27)54)30-21-51(49-47-30)19-23-9-5-2-6-10-23/h1-17,20-21,45,53-54H,18-19H2. The van der Waals surface area contributed by atoms with Crippen LogP contribution >= 0.6 is 46.4 Å². The Labute approximate surface area is 338 Å². The number of halogens is 4. The van der Waals surface area contributed by atoms with Gasteiger partial charge in [-0.2, -0.15) is 0 Å². The molecule has 0 bridgehead atoms. The predicted octanol–water partition coefficient (Wildman–Crippen LogP) is 8.91. The SMILES string of the molecule is O=C(c1ccc(-c2cn(Cc3ccccc3)nn2)cc1O)c1[nH]c(Cl)c(Cl)c1-n1c(C(=O)c2ccc(-c3cn(Cc4ccccc4)nn3)cc2O)cc(Cl)c1Cl. The Bertz CT molecular complexity index is 2590. The lowest BCUT2D eigenvalue weighted by molar-refractivity contribution is 0.101. The highest BCUT2D eigenvalue weighted by molar-refractivity contribution is 6.45. The summed E-state index contributed by atoms with van der Waals surface area (Å²) in [5, 5.41) is 38.5. The van der Waals surface area contributed by atoms with E-state index >= 15 is 0 Å². The van der Waals surface area contributed by atoms with Crippen LogP contribution in [0.4, 0.5) is 0 Å². The molecule has 0 fully saturated rings. The van der Waals surface area contributed by atoms with Crippen LogP contribution in [-0.2, 0) is 13.1 Å². The number of aromatic nitrogens is 8. The Hall–Kier alpha value is -6.18. The number of hydrogen-bond donors (Lipinski definition) is 3. The van der Waals surface area contributed by atoms with Gasteiger partial charge in [0.05, 0.1) is 53.0 Å². The first-order valence-corrected chi connectivity index (χ1v) is 18.3. The molecule has 0 unspecified atom stereocenters. The van der Waals surface area contributed by atoms with Gasteiger partial charge in [-0.1, -0.05) is 130 Å². The topological polar surface area (TPSA) is 157 Å². The number of phenols is 2. The Morgan fingerprint density at radius 2 is 1.14 bits per heavy atom. The number of benzene rings is 4. The number of phenolic OH excluding ortho intramolecular Hbond substituents is 2. The molecule has 0 aliphatic carbocycles. The Kier molecular flexibility index (Phi) is 9.96. The zero-order chi connectivity index (χ0) is 39.1. The van der Waals surface area contributed by atoms with Crippen LogP contribution in [0.2, 0.25) is 20.4 Å². The van der Waals surface area contributed by atoms with Crippen LogP contribution in [0.5, 0.6) is 11.5 Å². The molecule has 8 aromatic rings. The fourth-order valence-corrected chi connectivity index (χ4v) is 7.08. The lowest BCUT2D eigenvalue weighted by Gasteiger charge is -2.13. The molecule has 3 N–H and O–H groups in total. The van der Waals surface area contributed by atoms with Crippen molar-refractivity contribution in [1.29, 1.82) is 0 Å². The Morgan fingerprint density at radius 3 is 1.64 bits per heavy atom. The molecule has 4 aromatic carbocycles. The van der Waals surface area contributed by atoms with Crippen molar-refractivity contribution >= 4 is 58.0 Å². The fourth-order valence-electron chi connectivity index (χ4n) is 6.25. The van der Waals surface area contributed by atoms with Gasteiger partial charge in [0, 0.05) is 11.1 Å². The number of carbonyl (C=O) groups is 2. The summed E-state index contributed by atoms with van der Waals surface area (Å²) in [7, 11) is 0. The van der Waals surface area contributed by atoms with Crippen LogP contribution in [-0.4, -0.2) is 61.3 Å². The number of rotatable bonds is 11. The second-order valence-electron chi connectivity index (χ2n) is 12.7. The van der Waals surface area contributed by atoms with Crippen LogP contribution in [0.25, 0.3) is 28.2 Å². The minimum Gasteiger partial charge on any atom is -0.507 e. The molecule has 0 radical (unpaired) electrons. The van der Waals surface area contributed by atoms with E-state index in [1.807, 2.05) is 60.7 Å². The van der Waals surface area contributed by atoms with Crippen molar-refractivity contribution in [2.45, 2.75) is 13.1 Å². The molecule has 278 valence electrons. The number of H-pyrrole nitrogens is 1. The smallest absolute Gasteiger partial charge is 0.215 e. The van der Waals surface area contributed by atoms with Crippen molar-refractivity contribution in [1.82, 2.24) is 39.5 Å². The molecule has 0 atom stereocenters. The molecule has 0 saturated heterocycles. The molecule has 16 heteroatoms. The second-order valence-corrected chi connectivity index (χ2v) is 14.2. The molecule has 0 aliphatic heterocycles. The summed E-state index contributed by atoms with van der Waals surface area (Å²) in [5.74, 6) is -2.15. The van der Waals surface area contributed by atoms with E-state index in [1.54, 1.807) is 33.9 Å². The van der Waals surface area contributed by atoms with Crippen molar-refractivity contribution < 1.29 is 19.8 Å². The summed E-state index contributed by atoms with van der Waals surface area (Å²) < 4.78 is 4.49. The third-order valence-corrected chi connectivity index (χ3v) is 10.5. The maximum Gasteiger partial charge on any atom is 0.215 e. The van der Waals surface area contributed by atoms with Crippen molar-refractivity contribution in [2.75, 3.05) is 0 Å². The molecule has 4 aromatic heterocycles. The average Bonchev–Trinajstić information content (AvgIpc) is 3.99. The van der Waals surface area contributed by atoms with Crippen molar-refractivity contribution in [2.24, 2.45) is 0 Å². The van der Waals surface area contributed by atoms with Gasteiger partial charge in [-0.15, -0.1) is 10.2 Å². The van der Waals surface area contributed by atoms with Gasteiger partial charge in [0.25, 0.3) is 0 Å². The highest BCUT2D eigenvalue weighted by Crippen LogP contribution is 2.41. The average molecular weight is 825 g/mol. The van der Waals surface area contributed by atoms with Crippen molar-refractivity contribution in [3.63, 3.8) is 0 Å². The zero-order valence-electron chi connectivity index (χ0n) is 28.7. The third-order valence-electron chi connectivity index (χ3n) is 8.98. The highest BCUT2D eigenvalue weighted by atomic mass is 35.5. The van der Waals surface area contributed by atoms with Gasteiger partial charge in [0.15, 0.2) is 0 Å². The lowest BCUT2D eigenvalue weighted by atomic mass is 10.0. The summed E-state index contributed by atoms with van der Waals surface area (Å²) in [5.41, 5.74) is 3.41. The summed E-state index contributed by atoms with van der Waals surface area (Å²) in [6.07, 6.45) is 3.46. The molecular formula is C40H26Cl4N8O4. The molecule has 4 heterocycles. The van der Waals surface area contributed by atoms with Gasteiger partial charge in [0.1, 0.15) is 43.9 Å². The Morgan fingerprint density at radius 1 is 0.643 bits per heavy atom. The van der Waals surface area contributed by atoms with E-state index in [-0.39, 0.29) is 60.1 Å². The van der Waals surface area contributed by atoms with Crippen LogP contribution in [0.15, 0.2) is 116 Å². The molecule has 0 spiro atoms. The third kappa shape index (κ3) is 7.06. The van der Waals surface area contributed by atoms with Crippen LogP contribution in [0, 0.1) is 0 Å². The molecular weight excluding hydrogens is 798 g/mol. The van der Waals surface area contributed by atoms with E-state index in [0.717, 1.165) is 11.1 Å². The molecule has 0 saturated carbocycles. The largest absolute Gasteiger partial charge is 0.507 e. The van der Waals surface area contributed by atoms with Gasteiger partial charge in [-0.25, -0.2) is 9.36 Å².